The molecule has 5 heteroatoms. The summed E-state index contributed by atoms with van der Waals surface area (Å²) in [7, 11) is 1.92. The molecule has 0 spiro atoms. The summed E-state index contributed by atoms with van der Waals surface area (Å²) in [5.74, 6) is 2.54. The van der Waals surface area contributed by atoms with E-state index in [1.54, 1.807) is 6.20 Å². The number of hydrogen-bond donors (Lipinski definition) is 1. The summed E-state index contributed by atoms with van der Waals surface area (Å²) in [5, 5.41) is 7.26. The molecule has 18 heavy (non-hydrogen) atoms. The second-order valence-corrected chi connectivity index (χ2v) is 4.14. The van der Waals surface area contributed by atoms with Crippen LogP contribution in [0.15, 0.2) is 22.9 Å². The van der Waals surface area contributed by atoms with Crippen LogP contribution >= 0.6 is 0 Å². The molecule has 2 heterocycles. The molecule has 2 aromatic heterocycles. The largest absolute Gasteiger partial charge is 0.482 e. The third-order valence-electron chi connectivity index (χ3n) is 2.75. The van der Waals surface area contributed by atoms with Crippen molar-refractivity contribution < 1.29 is 9.15 Å². The molecule has 98 valence electrons. The molecule has 0 aliphatic rings. The maximum absolute atomic E-state index is 5.63. The minimum atomic E-state index is 0.431. The Labute approximate surface area is 107 Å². The standard InChI is InChI=1S/C13H19N3O2/c1-4-16-8-13(7-15-16)17-9-12-5-11(6-14-3)10(2)18-12/h5,7-8,14H,4,6,9H2,1-3H3. The van der Waals surface area contributed by atoms with E-state index in [0.717, 1.165) is 30.4 Å². The van der Waals surface area contributed by atoms with Crippen LogP contribution in [0.5, 0.6) is 5.75 Å². The highest BCUT2D eigenvalue weighted by Crippen LogP contribution is 2.17. The Morgan fingerprint density at radius 1 is 1.50 bits per heavy atom. The molecule has 0 saturated heterocycles. The average molecular weight is 249 g/mol. The Morgan fingerprint density at radius 3 is 3.00 bits per heavy atom. The van der Waals surface area contributed by atoms with Crippen molar-refractivity contribution in [3.05, 3.63) is 35.5 Å². The predicted molar refractivity (Wildman–Crippen MR) is 68.4 cm³/mol. The van der Waals surface area contributed by atoms with Gasteiger partial charge in [0.05, 0.1) is 12.4 Å². The number of hydrogen-bond acceptors (Lipinski definition) is 4. The summed E-state index contributed by atoms with van der Waals surface area (Å²) in [6, 6.07) is 2.02. The molecule has 0 aliphatic heterocycles. The Hall–Kier alpha value is -1.75. The Bertz CT molecular complexity index is 502. The van der Waals surface area contributed by atoms with Crippen molar-refractivity contribution in [2.24, 2.45) is 0 Å². The molecule has 2 aromatic rings. The van der Waals surface area contributed by atoms with Gasteiger partial charge in [0.2, 0.25) is 0 Å². The average Bonchev–Trinajstić information content (AvgIpc) is 2.95. The van der Waals surface area contributed by atoms with Crippen LogP contribution in [0.2, 0.25) is 0 Å². The van der Waals surface area contributed by atoms with Crippen LogP contribution in [0.25, 0.3) is 0 Å². The SMILES string of the molecule is CCn1cc(OCc2cc(CNC)c(C)o2)cn1. The third-order valence-corrected chi connectivity index (χ3v) is 2.75. The van der Waals surface area contributed by atoms with E-state index in [-0.39, 0.29) is 0 Å². The van der Waals surface area contributed by atoms with Crippen LogP contribution in [0.4, 0.5) is 0 Å². The lowest BCUT2D eigenvalue weighted by molar-refractivity contribution is 0.267. The highest BCUT2D eigenvalue weighted by Gasteiger charge is 2.07. The molecule has 0 unspecified atom stereocenters. The number of ether oxygens (including phenoxy) is 1. The van der Waals surface area contributed by atoms with Gasteiger partial charge in [-0.2, -0.15) is 5.10 Å². The molecule has 0 fully saturated rings. The summed E-state index contributed by atoms with van der Waals surface area (Å²) in [6.45, 7) is 6.08. The lowest BCUT2D eigenvalue weighted by atomic mass is 10.2. The second-order valence-electron chi connectivity index (χ2n) is 4.14. The van der Waals surface area contributed by atoms with Crippen molar-refractivity contribution in [2.75, 3.05) is 7.05 Å². The first-order valence-corrected chi connectivity index (χ1v) is 6.11. The van der Waals surface area contributed by atoms with Gasteiger partial charge in [-0.25, -0.2) is 0 Å². The number of nitrogens with zero attached hydrogens (tertiary/aromatic N) is 2. The molecule has 0 saturated carbocycles. The predicted octanol–water partition coefficient (Wildman–Crippen LogP) is 2.10. The molecule has 0 bridgehead atoms. The maximum atomic E-state index is 5.63. The van der Waals surface area contributed by atoms with E-state index < -0.39 is 0 Å². The smallest absolute Gasteiger partial charge is 0.157 e. The number of nitrogens with one attached hydrogen (secondary N) is 1. The molecular formula is C13H19N3O2. The molecule has 1 N–H and O–H groups in total. The van der Waals surface area contributed by atoms with Crippen LogP contribution in [0.1, 0.15) is 24.0 Å². The first kappa shape index (κ1) is 12.7. The fraction of sp³-hybridized carbons (Fsp3) is 0.462. The minimum absolute atomic E-state index is 0.431. The summed E-state index contributed by atoms with van der Waals surface area (Å²) in [4.78, 5) is 0. The van der Waals surface area contributed by atoms with Gasteiger partial charge < -0.3 is 14.5 Å². The lowest BCUT2D eigenvalue weighted by Gasteiger charge is -1.99. The lowest BCUT2D eigenvalue weighted by Crippen LogP contribution is -2.04. The monoisotopic (exact) mass is 249 g/mol. The van der Waals surface area contributed by atoms with Crippen molar-refractivity contribution in [3.63, 3.8) is 0 Å². The fourth-order valence-electron chi connectivity index (χ4n) is 1.77. The van der Waals surface area contributed by atoms with E-state index in [1.165, 1.54) is 5.56 Å². The Balaban J connectivity index is 1.95. The molecule has 0 aromatic carbocycles. The van der Waals surface area contributed by atoms with E-state index in [0.29, 0.717) is 6.61 Å². The first-order chi connectivity index (χ1) is 8.72. The van der Waals surface area contributed by atoms with E-state index in [9.17, 15) is 0 Å². The van der Waals surface area contributed by atoms with Crippen LogP contribution in [-0.4, -0.2) is 16.8 Å². The van der Waals surface area contributed by atoms with Gasteiger partial charge in [-0.15, -0.1) is 0 Å². The highest BCUT2D eigenvalue weighted by atomic mass is 16.5. The summed E-state index contributed by atoms with van der Waals surface area (Å²) in [6.07, 6.45) is 3.60. The molecule has 2 rings (SSSR count). The highest BCUT2D eigenvalue weighted by molar-refractivity contribution is 5.21. The zero-order valence-corrected chi connectivity index (χ0v) is 11.1. The Kier molecular flexibility index (Phi) is 4.04. The zero-order valence-electron chi connectivity index (χ0n) is 11.1. The van der Waals surface area contributed by atoms with Crippen molar-refractivity contribution in [1.82, 2.24) is 15.1 Å². The van der Waals surface area contributed by atoms with Crippen molar-refractivity contribution in [2.45, 2.75) is 33.5 Å². The van der Waals surface area contributed by atoms with Crippen molar-refractivity contribution >= 4 is 0 Å². The fourth-order valence-corrected chi connectivity index (χ4v) is 1.77. The normalized spacial score (nSPS) is 10.8. The quantitative estimate of drug-likeness (QED) is 0.851. The van der Waals surface area contributed by atoms with E-state index in [2.05, 4.69) is 10.4 Å². The maximum Gasteiger partial charge on any atom is 0.157 e. The number of furan rings is 1. The van der Waals surface area contributed by atoms with Crippen LogP contribution < -0.4 is 10.1 Å². The van der Waals surface area contributed by atoms with Gasteiger partial charge in [0.15, 0.2) is 5.75 Å². The van der Waals surface area contributed by atoms with Gasteiger partial charge in [-0.05, 0) is 27.0 Å². The van der Waals surface area contributed by atoms with Crippen LogP contribution in [-0.2, 0) is 19.7 Å². The van der Waals surface area contributed by atoms with Crippen LogP contribution in [0.3, 0.4) is 0 Å². The number of aryl methyl sites for hydroxylation is 2. The number of aromatic nitrogens is 2. The number of rotatable bonds is 6. The topological polar surface area (TPSA) is 52.2 Å². The third kappa shape index (κ3) is 2.92. The zero-order chi connectivity index (χ0) is 13.0. The van der Waals surface area contributed by atoms with Gasteiger partial charge in [-0.3, -0.25) is 4.68 Å². The molecule has 0 amide bonds. The summed E-state index contributed by atoms with van der Waals surface area (Å²) >= 11 is 0. The summed E-state index contributed by atoms with van der Waals surface area (Å²) < 4.78 is 13.1. The molecular weight excluding hydrogens is 230 g/mol. The van der Waals surface area contributed by atoms with Crippen LogP contribution in [0, 0.1) is 6.92 Å². The van der Waals surface area contributed by atoms with Crippen molar-refractivity contribution in [1.29, 1.82) is 0 Å². The van der Waals surface area contributed by atoms with Gasteiger partial charge in [0, 0.05) is 18.7 Å². The van der Waals surface area contributed by atoms with Gasteiger partial charge >= 0.3 is 0 Å². The van der Waals surface area contributed by atoms with Gasteiger partial charge in [-0.1, -0.05) is 0 Å². The Morgan fingerprint density at radius 2 is 2.33 bits per heavy atom. The van der Waals surface area contributed by atoms with Gasteiger partial charge in [0.25, 0.3) is 0 Å². The minimum Gasteiger partial charge on any atom is -0.482 e. The van der Waals surface area contributed by atoms with Crippen molar-refractivity contribution in [3.8, 4) is 5.75 Å². The molecule has 0 radical (unpaired) electrons. The molecule has 0 atom stereocenters. The molecule has 5 nitrogen and oxygen atoms in total. The van der Waals surface area contributed by atoms with E-state index in [1.807, 2.05) is 37.8 Å². The summed E-state index contributed by atoms with van der Waals surface area (Å²) in [5.41, 5.74) is 1.17. The van der Waals surface area contributed by atoms with E-state index >= 15 is 0 Å². The molecule has 0 aliphatic carbocycles. The van der Waals surface area contributed by atoms with Gasteiger partial charge in [0.1, 0.15) is 18.1 Å². The van der Waals surface area contributed by atoms with E-state index in [4.69, 9.17) is 9.15 Å². The second kappa shape index (κ2) is 5.73. The first-order valence-electron chi connectivity index (χ1n) is 6.11.